The minimum atomic E-state index is -3.79. The first-order valence-corrected chi connectivity index (χ1v) is 7.78. The predicted octanol–water partition coefficient (Wildman–Crippen LogP) is 2.47. The van der Waals surface area contributed by atoms with Gasteiger partial charge in [-0.25, -0.2) is 13.1 Å². The Labute approximate surface area is 126 Å². The van der Waals surface area contributed by atoms with Crippen LogP contribution >= 0.6 is 23.2 Å². The summed E-state index contributed by atoms with van der Waals surface area (Å²) in [7, 11) is -3.79. The van der Waals surface area contributed by atoms with Crippen LogP contribution in [0.2, 0.25) is 10.0 Å². The van der Waals surface area contributed by atoms with Crippen molar-refractivity contribution in [1.29, 1.82) is 0 Å². The highest BCUT2D eigenvalue weighted by molar-refractivity contribution is 7.89. The molecule has 0 atom stereocenters. The third-order valence-electron chi connectivity index (χ3n) is 2.49. The van der Waals surface area contributed by atoms with Crippen LogP contribution in [0.3, 0.4) is 0 Å². The average Bonchev–Trinajstić information content (AvgIpc) is 2.77. The molecule has 1 N–H and O–H groups in total. The van der Waals surface area contributed by atoms with Crippen molar-refractivity contribution in [1.82, 2.24) is 14.9 Å². The van der Waals surface area contributed by atoms with Crippen molar-refractivity contribution in [3.8, 4) is 0 Å². The van der Waals surface area contributed by atoms with Gasteiger partial charge >= 0.3 is 0 Å². The highest BCUT2D eigenvalue weighted by Gasteiger charge is 2.20. The van der Waals surface area contributed by atoms with E-state index >= 15 is 0 Å². The number of hydrogen-bond acceptors (Lipinski definition) is 5. The molecule has 0 radical (unpaired) electrons. The van der Waals surface area contributed by atoms with Crippen LogP contribution in [-0.4, -0.2) is 18.6 Å². The van der Waals surface area contributed by atoms with E-state index in [1.807, 2.05) is 0 Å². The molecule has 1 heterocycles. The van der Waals surface area contributed by atoms with E-state index in [0.29, 0.717) is 16.4 Å². The lowest BCUT2D eigenvalue weighted by molar-refractivity contribution is 0.372. The second kappa shape index (κ2) is 5.69. The predicted molar refractivity (Wildman–Crippen MR) is 74.3 cm³/mol. The molecule has 1 aromatic carbocycles. The zero-order valence-electron chi connectivity index (χ0n) is 10.6. The Morgan fingerprint density at radius 3 is 2.55 bits per heavy atom. The second-order valence-electron chi connectivity index (χ2n) is 4.09. The highest BCUT2D eigenvalue weighted by Crippen LogP contribution is 2.28. The van der Waals surface area contributed by atoms with Crippen LogP contribution in [0.5, 0.6) is 0 Å². The molecule has 20 heavy (non-hydrogen) atoms. The van der Waals surface area contributed by atoms with Crippen molar-refractivity contribution in [3.05, 3.63) is 39.5 Å². The Hall–Kier alpha value is -1.15. The molecular formula is C11H11Cl2N3O3S. The molecular weight excluding hydrogens is 325 g/mol. The van der Waals surface area contributed by atoms with E-state index in [2.05, 4.69) is 14.9 Å². The molecule has 0 amide bonds. The molecule has 0 aliphatic rings. The molecule has 0 spiro atoms. The zero-order valence-corrected chi connectivity index (χ0v) is 13.0. The normalized spacial score (nSPS) is 11.8. The van der Waals surface area contributed by atoms with E-state index in [4.69, 9.17) is 27.7 Å². The number of hydrogen-bond donors (Lipinski definition) is 1. The first kappa shape index (κ1) is 15.2. The van der Waals surface area contributed by atoms with Gasteiger partial charge in [-0.1, -0.05) is 28.4 Å². The largest absolute Gasteiger partial charge is 0.338 e. The Bertz CT molecular complexity index is 743. The molecule has 6 nitrogen and oxygen atoms in total. The Morgan fingerprint density at radius 2 is 1.95 bits per heavy atom. The van der Waals surface area contributed by atoms with E-state index in [0.717, 1.165) is 0 Å². The summed E-state index contributed by atoms with van der Waals surface area (Å²) in [6, 6.07) is 2.80. The summed E-state index contributed by atoms with van der Waals surface area (Å²) < 4.78 is 31.5. The Morgan fingerprint density at radius 1 is 1.25 bits per heavy atom. The molecule has 0 bridgehead atoms. The maximum atomic E-state index is 12.2. The van der Waals surface area contributed by atoms with Crippen LogP contribution in [0, 0.1) is 13.8 Å². The van der Waals surface area contributed by atoms with Crippen LogP contribution in [0.4, 0.5) is 0 Å². The minimum Gasteiger partial charge on any atom is -0.338 e. The number of benzene rings is 1. The summed E-state index contributed by atoms with van der Waals surface area (Å²) in [4.78, 5) is 3.86. The van der Waals surface area contributed by atoms with Crippen LogP contribution in [0.15, 0.2) is 21.6 Å². The number of halogens is 2. The maximum Gasteiger partial charge on any atom is 0.242 e. The van der Waals surface area contributed by atoms with E-state index < -0.39 is 10.0 Å². The third kappa shape index (κ3) is 3.29. The quantitative estimate of drug-likeness (QED) is 0.927. The van der Waals surface area contributed by atoms with Crippen molar-refractivity contribution in [2.24, 2.45) is 0 Å². The first-order chi connectivity index (χ1) is 9.29. The van der Waals surface area contributed by atoms with Crippen molar-refractivity contribution in [2.75, 3.05) is 0 Å². The molecule has 0 fully saturated rings. The van der Waals surface area contributed by atoms with Gasteiger partial charge in [0, 0.05) is 5.02 Å². The van der Waals surface area contributed by atoms with Crippen LogP contribution in [-0.2, 0) is 16.6 Å². The van der Waals surface area contributed by atoms with Crippen molar-refractivity contribution in [2.45, 2.75) is 25.3 Å². The van der Waals surface area contributed by atoms with E-state index in [1.165, 1.54) is 12.1 Å². The fourth-order valence-electron chi connectivity index (χ4n) is 1.48. The fraction of sp³-hybridized carbons (Fsp3) is 0.273. The van der Waals surface area contributed by atoms with Gasteiger partial charge in [0.1, 0.15) is 4.90 Å². The highest BCUT2D eigenvalue weighted by atomic mass is 35.5. The molecule has 0 aliphatic heterocycles. The van der Waals surface area contributed by atoms with E-state index in [-0.39, 0.29) is 22.4 Å². The SMILES string of the molecule is Cc1noc(CNS(=O)(=O)c2cc(C)c(Cl)cc2Cl)n1. The summed E-state index contributed by atoms with van der Waals surface area (Å²) >= 11 is 11.8. The topological polar surface area (TPSA) is 85.1 Å². The first-order valence-electron chi connectivity index (χ1n) is 5.54. The molecule has 0 unspecified atom stereocenters. The third-order valence-corrected chi connectivity index (χ3v) is 4.76. The summed E-state index contributed by atoms with van der Waals surface area (Å²) in [5.41, 5.74) is 0.616. The van der Waals surface area contributed by atoms with Gasteiger partial charge in [0.2, 0.25) is 15.9 Å². The lowest BCUT2D eigenvalue weighted by atomic mass is 10.2. The zero-order chi connectivity index (χ0) is 14.9. The maximum absolute atomic E-state index is 12.2. The number of sulfonamides is 1. The van der Waals surface area contributed by atoms with Gasteiger partial charge in [-0.2, -0.15) is 4.98 Å². The lowest BCUT2D eigenvalue weighted by Crippen LogP contribution is -2.23. The minimum absolute atomic E-state index is 0.0442. The van der Waals surface area contributed by atoms with E-state index in [9.17, 15) is 8.42 Å². The average molecular weight is 336 g/mol. The number of aryl methyl sites for hydroxylation is 2. The number of aromatic nitrogens is 2. The molecule has 0 aliphatic carbocycles. The summed E-state index contributed by atoms with van der Waals surface area (Å²) in [5.74, 6) is 0.604. The number of nitrogens with one attached hydrogen (secondary N) is 1. The van der Waals surface area contributed by atoms with Gasteiger partial charge in [-0.15, -0.1) is 0 Å². The molecule has 2 rings (SSSR count). The van der Waals surface area contributed by atoms with Gasteiger partial charge in [-0.3, -0.25) is 0 Å². The van der Waals surface area contributed by atoms with E-state index in [1.54, 1.807) is 13.8 Å². The van der Waals surface area contributed by atoms with Crippen molar-refractivity contribution < 1.29 is 12.9 Å². The summed E-state index contributed by atoms with van der Waals surface area (Å²) in [6.45, 7) is 3.22. The molecule has 1 aromatic heterocycles. The molecule has 108 valence electrons. The van der Waals surface area contributed by atoms with Crippen molar-refractivity contribution >= 4 is 33.2 Å². The summed E-state index contributed by atoms with van der Waals surface area (Å²) in [6.07, 6.45) is 0. The smallest absolute Gasteiger partial charge is 0.242 e. The Kier molecular flexibility index (Phi) is 4.33. The monoisotopic (exact) mass is 335 g/mol. The van der Waals surface area contributed by atoms with Crippen molar-refractivity contribution in [3.63, 3.8) is 0 Å². The second-order valence-corrected chi connectivity index (χ2v) is 6.64. The molecule has 9 heteroatoms. The molecule has 0 saturated heterocycles. The molecule has 2 aromatic rings. The standard InChI is InChI=1S/C11H11Cl2N3O3S/c1-6-3-10(9(13)4-8(6)12)20(17,18)14-5-11-15-7(2)16-19-11/h3-4,14H,5H2,1-2H3. The number of nitrogens with zero attached hydrogens (tertiary/aromatic N) is 2. The van der Waals surface area contributed by atoms with Crippen LogP contribution in [0.1, 0.15) is 17.3 Å². The number of rotatable bonds is 4. The van der Waals surface area contributed by atoms with Gasteiger partial charge in [0.15, 0.2) is 5.82 Å². The van der Waals surface area contributed by atoms with Gasteiger partial charge in [0.05, 0.1) is 11.6 Å². The van der Waals surface area contributed by atoms with Crippen LogP contribution in [0.25, 0.3) is 0 Å². The van der Waals surface area contributed by atoms with Gasteiger partial charge in [0.25, 0.3) is 0 Å². The lowest BCUT2D eigenvalue weighted by Gasteiger charge is -2.08. The molecule has 0 saturated carbocycles. The van der Waals surface area contributed by atoms with Gasteiger partial charge in [-0.05, 0) is 31.5 Å². The fourth-order valence-corrected chi connectivity index (χ4v) is 3.29. The van der Waals surface area contributed by atoms with Crippen LogP contribution < -0.4 is 4.72 Å². The van der Waals surface area contributed by atoms with Gasteiger partial charge < -0.3 is 4.52 Å². The Balaban J connectivity index is 2.24. The summed E-state index contributed by atoms with van der Waals surface area (Å²) in [5, 5.41) is 4.02.